The van der Waals surface area contributed by atoms with E-state index in [9.17, 15) is 4.79 Å². The zero-order chi connectivity index (χ0) is 6.85. The van der Waals surface area contributed by atoms with Gasteiger partial charge in [0.2, 0.25) is 5.56 Å². The number of hydrogen-bond donors (Lipinski definition) is 1. The van der Waals surface area contributed by atoms with Crippen LogP contribution in [0.15, 0.2) is 16.0 Å². The fraction of sp³-hybridized carbons (Fsp3) is 0.200. The Labute approximate surface area is 106 Å². The second-order valence-electron chi connectivity index (χ2n) is 1.69. The van der Waals surface area contributed by atoms with Gasteiger partial charge in [-0.15, -0.1) is 0 Å². The molecule has 0 amide bonds. The number of nitrogens with one attached hydrogen (secondary N) is 1. The Morgan fingerprint density at radius 3 is 2.70 bits per heavy atom. The first-order chi connectivity index (χ1) is 4.18. The minimum Gasteiger partial charge on any atom is -0.742 e. The SMILES string of the molecule is Cc1cc(=O)[nH]c([S-])n1.[K+]. The molecular weight excluding hydrogens is 175 g/mol. The van der Waals surface area contributed by atoms with E-state index in [-0.39, 0.29) is 62.1 Å². The van der Waals surface area contributed by atoms with Crippen LogP contribution in [-0.4, -0.2) is 9.97 Å². The first-order valence-corrected chi connectivity index (χ1v) is 2.84. The molecular formula is C5H5KN2OS. The van der Waals surface area contributed by atoms with Crippen molar-refractivity contribution in [2.45, 2.75) is 12.1 Å². The molecule has 0 aliphatic heterocycles. The van der Waals surface area contributed by atoms with Gasteiger partial charge in [-0.2, -0.15) is 0 Å². The standard InChI is InChI=1S/C5H6N2OS.K/c1-3-2-4(8)7-5(9)6-3;/h2H,1H3,(H2,6,7,8,9);/q;+1/p-1. The van der Waals surface area contributed by atoms with Gasteiger partial charge in [0.1, 0.15) is 0 Å². The number of aromatic nitrogens is 2. The summed E-state index contributed by atoms with van der Waals surface area (Å²) < 4.78 is 0. The van der Waals surface area contributed by atoms with Gasteiger partial charge in [0.25, 0.3) is 0 Å². The fourth-order valence-electron chi connectivity index (χ4n) is 0.552. The third-order valence-corrected chi connectivity index (χ3v) is 1.04. The number of aryl methyl sites for hydroxylation is 1. The van der Waals surface area contributed by atoms with Crippen LogP contribution in [0.4, 0.5) is 0 Å². The summed E-state index contributed by atoms with van der Waals surface area (Å²) in [7, 11) is 0. The number of H-pyrrole nitrogens is 1. The van der Waals surface area contributed by atoms with Gasteiger partial charge >= 0.3 is 51.4 Å². The Morgan fingerprint density at radius 1 is 1.70 bits per heavy atom. The Morgan fingerprint density at radius 2 is 2.30 bits per heavy atom. The molecule has 0 saturated heterocycles. The van der Waals surface area contributed by atoms with Crippen molar-refractivity contribution in [1.82, 2.24) is 9.97 Å². The van der Waals surface area contributed by atoms with E-state index in [1.807, 2.05) is 0 Å². The number of aromatic amines is 1. The monoisotopic (exact) mass is 180 g/mol. The molecule has 0 saturated carbocycles. The number of hydrogen-bond acceptors (Lipinski definition) is 3. The molecule has 3 nitrogen and oxygen atoms in total. The van der Waals surface area contributed by atoms with Crippen LogP contribution >= 0.6 is 0 Å². The van der Waals surface area contributed by atoms with Crippen LogP contribution in [0, 0.1) is 6.92 Å². The van der Waals surface area contributed by atoms with Crippen LogP contribution in [0.1, 0.15) is 5.69 Å². The van der Waals surface area contributed by atoms with Gasteiger partial charge < -0.3 is 17.6 Å². The predicted molar refractivity (Wildman–Crippen MR) is 35.2 cm³/mol. The molecule has 5 heteroatoms. The van der Waals surface area contributed by atoms with Crippen LogP contribution < -0.4 is 56.9 Å². The van der Waals surface area contributed by atoms with Crippen molar-refractivity contribution in [2.75, 3.05) is 0 Å². The van der Waals surface area contributed by atoms with E-state index in [4.69, 9.17) is 0 Å². The average Bonchev–Trinajstić information content (AvgIpc) is 1.59. The van der Waals surface area contributed by atoms with Crippen LogP contribution in [0.3, 0.4) is 0 Å². The summed E-state index contributed by atoms with van der Waals surface area (Å²) in [5.41, 5.74) is 0.469. The molecule has 0 fully saturated rings. The molecule has 0 radical (unpaired) electrons. The molecule has 1 heterocycles. The zero-order valence-corrected chi connectivity index (χ0v) is 9.78. The molecule has 1 N–H and O–H groups in total. The van der Waals surface area contributed by atoms with Crippen molar-refractivity contribution in [3.05, 3.63) is 22.1 Å². The maximum absolute atomic E-state index is 10.5. The largest absolute Gasteiger partial charge is 1.00 e. The van der Waals surface area contributed by atoms with Crippen molar-refractivity contribution in [3.8, 4) is 0 Å². The fourth-order valence-corrected chi connectivity index (χ4v) is 0.796. The summed E-state index contributed by atoms with van der Waals surface area (Å²) >= 11 is 4.62. The zero-order valence-electron chi connectivity index (χ0n) is 5.84. The third kappa shape index (κ3) is 3.22. The van der Waals surface area contributed by atoms with E-state index in [0.717, 1.165) is 0 Å². The maximum Gasteiger partial charge on any atom is 1.00 e. The van der Waals surface area contributed by atoms with E-state index in [0.29, 0.717) is 5.69 Å². The average molecular weight is 180 g/mol. The molecule has 10 heavy (non-hydrogen) atoms. The molecule has 0 unspecified atom stereocenters. The quantitative estimate of drug-likeness (QED) is 0.263. The molecule has 0 bridgehead atoms. The molecule has 1 aromatic rings. The maximum atomic E-state index is 10.5. The van der Waals surface area contributed by atoms with Gasteiger partial charge in [-0.3, -0.25) is 9.78 Å². The van der Waals surface area contributed by atoms with E-state index in [2.05, 4.69) is 22.6 Å². The van der Waals surface area contributed by atoms with Crippen LogP contribution in [0.25, 0.3) is 0 Å². The van der Waals surface area contributed by atoms with Gasteiger partial charge in [0, 0.05) is 11.8 Å². The summed E-state index contributed by atoms with van der Waals surface area (Å²) in [6.45, 7) is 1.73. The van der Waals surface area contributed by atoms with Gasteiger partial charge in [-0.25, -0.2) is 0 Å². The van der Waals surface area contributed by atoms with Crippen molar-refractivity contribution < 1.29 is 51.4 Å². The smallest absolute Gasteiger partial charge is 0.742 e. The van der Waals surface area contributed by atoms with Crippen LogP contribution in [0.2, 0.25) is 0 Å². The Kier molecular flexibility index (Phi) is 4.92. The topological polar surface area (TPSA) is 45.8 Å². The third-order valence-electron chi connectivity index (χ3n) is 0.848. The first-order valence-electron chi connectivity index (χ1n) is 2.43. The van der Waals surface area contributed by atoms with Crippen LogP contribution in [-0.2, 0) is 12.6 Å². The van der Waals surface area contributed by atoms with Crippen molar-refractivity contribution in [1.29, 1.82) is 0 Å². The van der Waals surface area contributed by atoms with Gasteiger partial charge in [-0.1, -0.05) is 0 Å². The molecule has 48 valence electrons. The van der Waals surface area contributed by atoms with Gasteiger partial charge in [-0.05, 0) is 12.1 Å². The first kappa shape index (κ1) is 10.7. The number of nitrogens with zero attached hydrogens (tertiary/aromatic N) is 1. The van der Waals surface area contributed by atoms with Gasteiger partial charge in [0.05, 0.1) is 0 Å². The van der Waals surface area contributed by atoms with E-state index >= 15 is 0 Å². The van der Waals surface area contributed by atoms with Crippen molar-refractivity contribution >= 4 is 12.6 Å². The van der Waals surface area contributed by atoms with Gasteiger partial charge in [0.15, 0.2) is 0 Å². The number of rotatable bonds is 0. The summed E-state index contributed by atoms with van der Waals surface area (Å²) in [6, 6.07) is 1.40. The Balaban J connectivity index is 0.000000810. The van der Waals surface area contributed by atoms with E-state index in [1.165, 1.54) is 6.07 Å². The summed E-state index contributed by atoms with van der Waals surface area (Å²) in [5.74, 6) is 0. The summed E-state index contributed by atoms with van der Waals surface area (Å²) in [6.07, 6.45) is 0. The summed E-state index contributed by atoms with van der Waals surface area (Å²) in [5, 5.41) is 0.250. The normalized spacial score (nSPS) is 8.50. The molecule has 0 aliphatic carbocycles. The minimum absolute atomic E-state index is 0. The molecule has 1 aromatic heterocycles. The van der Waals surface area contributed by atoms with Crippen molar-refractivity contribution in [2.24, 2.45) is 0 Å². The molecule has 0 atom stereocenters. The van der Waals surface area contributed by atoms with E-state index in [1.54, 1.807) is 6.92 Å². The van der Waals surface area contributed by atoms with E-state index < -0.39 is 0 Å². The second-order valence-corrected chi connectivity index (χ2v) is 2.08. The Bertz CT molecular complexity index is 249. The molecule has 0 spiro atoms. The minimum atomic E-state index is -0.187. The summed E-state index contributed by atoms with van der Waals surface area (Å²) in [4.78, 5) is 16.7. The second kappa shape index (κ2) is 4.58. The predicted octanol–water partition coefficient (Wildman–Crippen LogP) is -3.01. The Hall–Kier alpha value is 0.736. The van der Waals surface area contributed by atoms with Crippen LogP contribution in [0.5, 0.6) is 0 Å². The molecule has 1 rings (SSSR count). The molecule has 0 aromatic carbocycles. The van der Waals surface area contributed by atoms with Crippen molar-refractivity contribution in [3.63, 3.8) is 0 Å². The molecule has 0 aliphatic rings.